The first-order valence-electron chi connectivity index (χ1n) is 5.08. The summed E-state index contributed by atoms with van der Waals surface area (Å²) in [5.74, 6) is -0.417. The number of hydrogen-bond donors (Lipinski definition) is 0. The number of alkyl halides is 4. The van der Waals surface area contributed by atoms with Gasteiger partial charge in [-0.15, -0.1) is 0 Å². The van der Waals surface area contributed by atoms with Gasteiger partial charge in [-0.1, -0.05) is 0 Å². The minimum Gasteiger partial charge on any atom is -0.354 e. The molecule has 0 bridgehead atoms. The van der Waals surface area contributed by atoms with E-state index in [1.54, 1.807) is 14.2 Å². The van der Waals surface area contributed by atoms with Gasteiger partial charge in [0, 0.05) is 28.1 Å². The molecule has 21 heavy (non-hydrogen) atoms. The smallest absolute Gasteiger partial charge is 0.298 e. The summed E-state index contributed by atoms with van der Waals surface area (Å²) in [7, 11) is 3.23. The van der Waals surface area contributed by atoms with Crippen molar-refractivity contribution in [3.05, 3.63) is 0 Å². The highest BCUT2D eigenvalue weighted by Crippen LogP contribution is 2.05. The molecule has 0 rings (SSSR count). The molecule has 4 nitrogen and oxygen atoms in total. The van der Waals surface area contributed by atoms with Crippen molar-refractivity contribution in [3.8, 4) is 0 Å². The molecule has 0 heterocycles. The van der Waals surface area contributed by atoms with E-state index in [2.05, 4.69) is 0 Å². The molecule has 0 aliphatic heterocycles. The Bertz CT molecular complexity index is 187. The summed E-state index contributed by atoms with van der Waals surface area (Å²) in [6.07, 6.45) is 0. The molecule has 0 saturated carbocycles. The Kier molecular flexibility index (Phi) is 41.5. The highest BCUT2D eigenvalue weighted by molar-refractivity contribution is 5.64. The standard InChI is InChI=1S/C5H12O2.2C2H3FO.2CH2F2/c1-5(2,6-3)7-4;2*1-2(3)4;2*2-1-3/h1-4H3;2*1H3;2*1H2. The van der Waals surface area contributed by atoms with Gasteiger partial charge in [0.15, 0.2) is 5.79 Å². The second kappa shape index (κ2) is 27.2. The number of hydrogen-bond acceptors (Lipinski definition) is 4. The summed E-state index contributed by atoms with van der Waals surface area (Å²) >= 11 is 0. The fourth-order valence-electron chi connectivity index (χ4n) is 0.0833. The van der Waals surface area contributed by atoms with Crippen LogP contribution in [0.3, 0.4) is 0 Å². The summed E-state index contributed by atoms with van der Waals surface area (Å²) in [6, 6.07) is -2.67. The highest BCUT2D eigenvalue weighted by atomic mass is 19.3. The van der Waals surface area contributed by atoms with E-state index in [1.807, 2.05) is 13.8 Å². The predicted octanol–water partition coefficient (Wildman–Crippen LogP) is 3.79. The zero-order valence-corrected chi connectivity index (χ0v) is 12.8. The predicted molar refractivity (Wildman–Crippen MR) is 65.8 cm³/mol. The van der Waals surface area contributed by atoms with Crippen LogP contribution in [0.4, 0.5) is 26.3 Å². The van der Waals surface area contributed by atoms with Gasteiger partial charge in [0.25, 0.3) is 12.1 Å². The quantitative estimate of drug-likeness (QED) is 0.439. The first kappa shape index (κ1) is 32.0. The summed E-state index contributed by atoms with van der Waals surface area (Å²) < 4.78 is 69.0. The van der Waals surface area contributed by atoms with E-state index >= 15 is 0 Å². The molecular weight excluding hydrogens is 310 g/mol. The molecular formula is C11H22F6O4. The largest absolute Gasteiger partial charge is 0.354 e. The Morgan fingerprint density at radius 2 is 0.905 bits per heavy atom. The number of rotatable bonds is 2. The van der Waals surface area contributed by atoms with Gasteiger partial charge in [-0.05, 0) is 13.8 Å². The number of carbonyl (C=O) groups is 2. The van der Waals surface area contributed by atoms with Crippen LogP contribution < -0.4 is 0 Å². The maximum absolute atomic E-state index is 10.4. The molecule has 0 amide bonds. The van der Waals surface area contributed by atoms with Crippen molar-refractivity contribution in [2.75, 3.05) is 28.1 Å². The van der Waals surface area contributed by atoms with E-state index < -0.39 is 31.7 Å². The maximum atomic E-state index is 10.4. The van der Waals surface area contributed by atoms with E-state index in [1.165, 1.54) is 0 Å². The zero-order valence-electron chi connectivity index (χ0n) is 12.8. The highest BCUT2D eigenvalue weighted by Gasteiger charge is 2.11. The Balaban J connectivity index is -0.0000000535. The molecule has 0 aromatic rings. The van der Waals surface area contributed by atoms with Crippen LogP contribution in [0.15, 0.2) is 0 Å². The van der Waals surface area contributed by atoms with Gasteiger partial charge in [-0.2, -0.15) is 8.78 Å². The minimum absolute atomic E-state index is 0.417. The Labute approximate surface area is 120 Å². The van der Waals surface area contributed by atoms with Crippen LogP contribution >= 0.6 is 0 Å². The third-order valence-electron chi connectivity index (χ3n) is 0.983. The normalized spacial score (nSPS) is 8.19. The van der Waals surface area contributed by atoms with Crippen LogP contribution in [0.25, 0.3) is 0 Å². The van der Waals surface area contributed by atoms with Gasteiger partial charge >= 0.3 is 0 Å². The summed E-state index contributed by atoms with van der Waals surface area (Å²) in [4.78, 5) is 17.6. The molecule has 0 atom stereocenters. The molecule has 0 fully saturated rings. The average molecular weight is 332 g/mol. The van der Waals surface area contributed by atoms with Gasteiger partial charge < -0.3 is 9.47 Å². The average Bonchev–Trinajstić information content (AvgIpc) is 2.29. The van der Waals surface area contributed by atoms with Crippen molar-refractivity contribution in [1.82, 2.24) is 0 Å². The van der Waals surface area contributed by atoms with Crippen molar-refractivity contribution < 1.29 is 45.4 Å². The maximum Gasteiger partial charge on any atom is 0.298 e. The number of halogens is 6. The van der Waals surface area contributed by atoms with Crippen LogP contribution in [0.1, 0.15) is 27.7 Å². The van der Waals surface area contributed by atoms with Crippen molar-refractivity contribution in [2.45, 2.75) is 33.5 Å². The molecule has 0 aliphatic carbocycles. The molecule has 0 radical (unpaired) electrons. The first-order chi connectivity index (χ1) is 9.41. The minimum atomic E-state index is -1.75. The van der Waals surface area contributed by atoms with E-state index in [-0.39, 0.29) is 0 Å². The fourth-order valence-corrected chi connectivity index (χ4v) is 0.0833. The van der Waals surface area contributed by atoms with E-state index in [0.29, 0.717) is 0 Å². The number of methoxy groups -OCH3 is 2. The van der Waals surface area contributed by atoms with Crippen LogP contribution in [-0.4, -0.2) is 45.9 Å². The van der Waals surface area contributed by atoms with Gasteiger partial charge in [0.05, 0.1) is 0 Å². The first-order valence-corrected chi connectivity index (χ1v) is 5.08. The SMILES string of the molecule is CC(=O)F.CC(=O)F.COC(C)(C)OC.FCF.FCF. The van der Waals surface area contributed by atoms with Crippen molar-refractivity contribution in [3.63, 3.8) is 0 Å². The van der Waals surface area contributed by atoms with Crippen LogP contribution in [0, 0.1) is 0 Å². The second-order valence-electron chi connectivity index (χ2n) is 2.95. The van der Waals surface area contributed by atoms with Gasteiger partial charge in [0.2, 0.25) is 13.9 Å². The Hall–Kier alpha value is -1.16. The van der Waals surface area contributed by atoms with E-state index in [0.717, 1.165) is 13.8 Å². The molecule has 0 aromatic heterocycles. The number of ether oxygens (including phenoxy) is 2. The monoisotopic (exact) mass is 332 g/mol. The second-order valence-corrected chi connectivity index (χ2v) is 2.95. The lowest BCUT2D eigenvalue weighted by Crippen LogP contribution is -2.24. The Morgan fingerprint density at radius 1 is 0.810 bits per heavy atom. The molecule has 10 heteroatoms. The lowest BCUT2D eigenvalue weighted by molar-refractivity contribution is -0.178. The van der Waals surface area contributed by atoms with Gasteiger partial charge in [-0.25, -0.2) is 17.6 Å². The molecule has 0 aromatic carbocycles. The molecule has 0 aliphatic rings. The molecule has 0 N–H and O–H groups in total. The third kappa shape index (κ3) is 228. The molecule has 0 spiro atoms. The van der Waals surface area contributed by atoms with Crippen molar-refractivity contribution >= 4 is 12.1 Å². The zero-order chi connectivity index (χ0) is 18.5. The van der Waals surface area contributed by atoms with Gasteiger partial charge in [0.1, 0.15) is 0 Å². The molecule has 0 saturated heterocycles. The number of carbonyl (C=O) groups excluding carboxylic acids is 2. The summed E-state index contributed by atoms with van der Waals surface area (Å²) in [5.41, 5.74) is 0. The van der Waals surface area contributed by atoms with Crippen molar-refractivity contribution in [2.24, 2.45) is 0 Å². The van der Waals surface area contributed by atoms with E-state index in [4.69, 9.17) is 19.1 Å². The topological polar surface area (TPSA) is 52.6 Å². The lowest BCUT2D eigenvalue weighted by atomic mass is 10.4. The van der Waals surface area contributed by atoms with E-state index in [9.17, 15) is 26.3 Å². The van der Waals surface area contributed by atoms with Crippen molar-refractivity contribution in [1.29, 1.82) is 0 Å². The summed E-state index contributed by atoms with van der Waals surface area (Å²) in [5, 5.41) is 0. The lowest BCUT2D eigenvalue weighted by Gasteiger charge is -2.19. The molecule has 0 unspecified atom stereocenters. The van der Waals surface area contributed by atoms with Crippen LogP contribution in [-0.2, 0) is 19.1 Å². The van der Waals surface area contributed by atoms with Crippen LogP contribution in [0.5, 0.6) is 0 Å². The summed E-state index contributed by atoms with van der Waals surface area (Å²) in [6.45, 7) is 1.93. The van der Waals surface area contributed by atoms with Crippen LogP contribution in [0.2, 0.25) is 0 Å². The third-order valence-corrected chi connectivity index (χ3v) is 0.983. The van der Waals surface area contributed by atoms with Gasteiger partial charge in [-0.3, -0.25) is 9.59 Å². The fraction of sp³-hybridized carbons (Fsp3) is 0.818. The molecule has 132 valence electrons. The Morgan fingerprint density at radius 3 is 0.905 bits per heavy atom.